The van der Waals surface area contributed by atoms with Crippen molar-refractivity contribution in [3.05, 3.63) is 58.7 Å². The largest absolute Gasteiger partial charge is 0.514 e. The van der Waals surface area contributed by atoms with Crippen LogP contribution in [0.2, 0.25) is 0 Å². The van der Waals surface area contributed by atoms with Crippen LogP contribution in [0, 0.1) is 25.2 Å². The van der Waals surface area contributed by atoms with E-state index < -0.39 is 17.7 Å². The van der Waals surface area contributed by atoms with Gasteiger partial charge in [-0.2, -0.15) is 5.26 Å². The summed E-state index contributed by atoms with van der Waals surface area (Å²) >= 11 is 0. The zero-order valence-electron chi connectivity index (χ0n) is 18.5. The SMILES string of the molecule is COc1cc(/C=C(\C#N)C(=O)Nc2ccc(C)c(C)c2)ccc1OC(=O)OC(C)(C)C. The third-order valence-electron chi connectivity index (χ3n) is 4.21. The molecule has 1 amide bonds. The summed E-state index contributed by atoms with van der Waals surface area (Å²) in [7, 11) is 1.42. The maximum absolute atomic E-state index is 12.5. The molecule has 0 unspecified atom stereocenters. The van der Waals surface area contributed by atoms with E-state index in [1.54, 1.807) is 39.0 Å². The molecule has 1 N–H and O–H groups in total. The molecule has 0 saturated carbocycles. The van der Waals surface area contributed by atoms with Gasteiger partial charge in [0.15, 0.2) is 11.5 Å². The highest BCUT2D eigenvalue weighted by atomic mass is 16.7. The molecule has 2 aromatic carbocycles. The second kappa shape index (κ2) is 9.81. The van der Waals surface area contributed by atoms with Crippen molar-refractivity contribution in [2.45, 2.75) is 40.2 Å². The monoisotopic (exact) mass is 422 g/mol. The van der Waals surface area contributed by atoms with Crippen molar-refractivity contribution in [3.63, 3.8) is 0 Å². The van der Waals surface area contributed by atoms with Crippen molar-refractivity contribution < 1.29 is 23.8 Å². The van der Waals surface area contributed by atoms with Crippen molar-refractivity contribution in [1.82, 2.24) is 0 Å². The standard InChI is InChI=1S/C24H26N2O5/c1-15-7-9-19(11-16(15)2)26-22(27)18(14-25)12-17-8-10-20(21(13-17)29-6)30-23(28)31-24(3,4)5/h7-13H,1-6H3,(H,26,27)/b18-12+. The molecule has 7 nitrogen and oxygen atoms in total. The van der Waals surface area contributed by atoms with Crippen LogP contribution in [0.25, 0.3) is 6.08 Å². The van der Waals surface area contributed by atoms with Gasteiger partial charge in [-0.15, -0.1) is 0 Å². The van der Waals surface area contributed by atoms with E-state index >= 15 is 0 Å². The Balaban J connectivity index is 2.21. The maximum Gasteiger partial charge on any atom is 0.514 e. The Kier molecular flexibility index (Phi) is 7.43. The van der Waals surface area contributed by atoms with Crippen LogP contribution in [0.1, 0.15) is 37.5 Å². The van der Waals surface area contributed by atoms with Crippen LogP contribution in [0.15, 0.2) is 42.0 Å². The highest BCUT2D eigenvalue weighted by molar-refractivity contribution is 6.09. The molecule has 31 heavy (non-hydrogen) atoms. The lowest BCUT2D eigenvalue weighted by molar-refractivity contribution is -0.112. The van der Waals surface area contributed by atoms with E-state index in [9.17, 15) is 14.9 Å². The number of nitrogens with one attached hydrogen (secondary N) is 1. The van der Waals surface area contributed by atoms with Gasteiger partial charge in [0.2, 0.25) is 0 Å². The molecular weight excluding hydrogens is 396 g/mol. The minimum absolute atomic E-state index is 0.0823. The Morgan fingerprint density at radius 1 is 1.03 bits per heavy atom. The molecule has 2 rings (SSSR count). The Bertz CT molecular complexity index is 1060. The van der Waals surface area contributed by atoms with Gasteiger partial charge in [0.25, 0.3) is 5.91 Å². The highest BCUT2D eigenvalue weighted by Crippen LogP contribution is 2.30. The summed E-state index contributed by atoms with van der Waals surface area (Å²) in [6.45, 7) is 9.10. The summed E-state index contributed by atoms with van der Waals surface area (Å²) < 4.78 is 15.6. The molecular formula is C24H26N2O5. The first-order valence-electron chi connectivity index (χ1n) is 9.61. The minimum Gasteiger partial charge on any atom is -0.493 e. The number of nitriles is 1. The number of anilines is 1. The topological polar surface area (TPSA) is 97.6 Å². The van der Waals surface area contributed by atoms with Crippen LogP contribution >= 0.6 is 0 Å². The molecule has 0 bridgehead atoms. The minimum atomic E-state index is -0.862. The molecule has 0 radical (unpaired) electrons. The van der Waals surface area contributed by atoms with Gasteiger partial charge in [-0.1, -0.05) is 12.1 Å². The molecule has 0 aromatic heterocycles. The average Bonchev–Trinajstić information content (AvgIpc) is 2.68. The maximum atomic E-state index is 12.5. The van der Waals surface area contributed by atoms with Crippen LogP contribution in [-0.4, -0.2) is 24.8 Å². The zero-order valence-corrected chi connectivity index (χ0v) is 18.5. The number of hydrogen-bond donors (Lipinski definition) is 1. The van der Waals surface area contributed by atoms with Crippen molar-refractivity contribution >= 4 is 23.8 Å². The number of ether oxygens (including phenoxy) is 3. The van der Waals surface area contributed by atoms with E-state index in [2.05, 4.69) is 5.32 Å². The van der Waals surface area contributed by atoms with Gasteiger partial charge in [-0.05, 0) is 81.7 Å². The number of rotatable bonds is 5. The third kappa shape index (κ3) is 6.89. The predicted molar refractivity (Wildman–Crippen MR) is 118 cm³/mol. The lowest BCUT2D eigenvalue weighted by Gasteiger charge is -2.19. The highest BCUT2D eigenvalue weighted by Gasteiger charge is 2.20. The van der Waals surface area contributed by atoms with Gasteiger partial charge < -0.3 is 19.5 Å². The Morgan fingerprint density at radius 3 is 2.32 bits per heavy atom. The number of carbonyl (C=O) groups excluding carboxylic acids is 2. The smallest absolute Gasteiger partial charge is 0.493 e. The van der Waals surface area contributed by atoms with Crippen molar-refractivity contribution in [3.8, 4) is 17.6 Å². The van der Waals surface area contributed by atoms with Crippen LogP contribution in [0.3, 0.4) is 0 Å². The lowest BCUT2D eigenvalue weighted by atomic mass is 10.1. The second-order valence-corrected chi connectivity index (χ2v) is 7.90. The van der Waals surface area contributed by atoms with Crippen molar-refractivity contribution in [2.75, 3.05) is 12.4 Å². The second-order valence-electron chi connectivity index (χ2n) is 7.90. The van der Waals surface area contributed by atoms with Crippen LogP contribution < -0.4 is 14.8 Å². The fraction of sp³-hybridized carbons (Fsp3) is 0.292. The van der Waals surface area contributed by atoms with Gasteiger partial charge in [-0.3, -0.25) is 4.79 Å². The molecule has 0 aliphatic heterocycles. The molecule has 0 aliphatic carbocycles. The number of hydrogen-bond acceptors (Lipinski definition) is 6. The first-order chi connectivity index (χ1) is 14.5. The fourth-order valence-corrected chi connectivity index (χ4v) is 2.55. The molecule has 2 aromatic rings. The van der Waals surface area contributed by atoms with E-state index in [4.69, 9.17) is 14.2 Å². The first-order valence-corrected chi connectivity index (χ1v) is 9.61. The van der Waals surface area contributed by atoms with Gasteiger partial charge in [0.05, 0.1) is 7.11 Å². The van der Waals surface area contributed by atoms with Crippen LogP contribution in [-0.2, 0) is 9.53 Å². The molecule has 162 valence electrons. The van der Waals surface area contributed by atoms with Crippen LogP contribution in [0.5, 0.6) is 11.5 Å². The lowest BCUT2D eigenvalue weighted by Crippen LogP contribution is -2.26. The van der Waals surface area contributed by atoms with E-state index in [0.717, 1.165) is 11.1 Å². The third-order valence-corrected chi connectivity index (χ3v) is 4.21. The summed E-state index contributed by atoms with van der Waals surface area (Å²) in [6.07, 6.45) is 0.565. The first kappa shape index (κ1) is 23.5. The average molecular weight is 422 g/mol. The predicted octanol–water partition coefficient (Wildman–Crippen LogP) is 5.17. The summed E-state index contributed by atoms with van der Waals surface area (Å²) in [5, 5.41) is 12.2. The number of methoxy groups -OCH3 is 1. The number of benzene rings is 2. The molecule has 0 aliphatic rings. The van der Waals surface area contributed by atoms with E-state index in [1.165, 1.54) is 19.3 Å². The van der Waals surface area contributed by atoms with Crippen molar-refractivity contribution in [1.29, 1.82) is 5.26 Å². The number of amides is 1. The molecule has 7 heteroatoms. The quantitative estimate of drug-likeness (QED) is 0.309. The normalized spacial score (nSPS) is 11.3. The van der Waals surface area contributed by atoms with E-state index in [-0.39, 0.29) is 17.1 Å². The molecule has 0 saturated heterocycles. The van der Waals surface area contributed by atoms with Gasteiger partial charge >= 0.3 is 6.16 Å². The zero-order chi connectivity index (χ0) is 23.2. The van der Waals surface area contributed by atoms with Gasteiger partial charge in [0, 0.05) is 5.69 Å². The fourth-order valence-electron chi connectivity index (χ4n) is 2.55. The van der Waals surface area contributed by atoms with Gasteiger partial charge in [0.1, 0.15) is 17.2 Å². The molecule has 0 fully saturated rings. The molecule has 0 atom stereocenters. The number of aryl methyl sites for hydroxylation is 2. The van der Waals surface area contributed by atoms with E-state index in [0.29, 0.717) is 11.3 Å². The molecule has 0 heterocycles. The summed E-state index contributed by atoms with van der Waals surface area (Å²) in [4.78, 5) is 24.4. The Labute approximate surface area is 182 Å². The Hall–Kier alpha value is -3.79. The summed E-state index contributed by atoms with van der Waals surface area (Å²) in [5.74, 6) is -0.114. The Morgan fingerprint density at radius 2 is 1.74 bits per heavy atom. The van der Waals surface area contributed by atoms with E-state index in [1.807, 2.05) is 32.0 Å². The van der Waals surface area contributed by atoms with Crippen molar-refractivity contribution in [2.24, 2.45) is 0 Å². The van der Waals surface area contributed by atoms with Gasteiger partial charge in [-0.25, -0.2) is 4.79 Å². The molecule has 0 spiro atoms. The van der Waals surface area contributed by atoms with Crippen LogP contribution in [0.4, 0.5) is 10.5 Å². The number of carbonyl (C=O) groups is 2. The summed E-state index contributed by atoms with van der Waals surface area (Å²) in [6, 6.07) is 12.1. The number of nitrogens with zero attached hydrogens (tertiary/aromatic N) is 1. The summed E-state index contributed by atoms with van der Waals surface area (Å²) in [5.41, 5.74) is 2.49.